The molecule has 0 aromatic carbocycles. The maximum Gasteiger partial charge on any atom is 0.174 e. The second kappa shape index (κ2) is 4.19. The molecule has 2 nitrogen and oxygen atoms in total. The van der Waals surface area contributed by atoms with E-state index in [2.05, 4.69) is 15.9 Å². The maximum atomic E-state index is 10.2. The van der Waals surface area contributed by atoms with Gasteiger partial charge in [-0.25, -0.2) is 0 Å². The van der Waals surface area contributed by atoms with Gasteiger partial charge in [-0.1, -0.05) is 6.42 Å². The standard InChI is InChI=1S/C13H17BrO2/c14-13-11(3-4-16-13)12(15)7-10-6-8-1-2-9(10)5-8/h3-4,8-10,12,15H,1-2,5-7H2. The molecule has 88 valence electrons. The van der Waals surface area contributed by atoms with Crippen molar-refractivity contribution in [2.75, 3.05) is 0 Å². The summed E-state index contributed by atoms with van der Waals surface area (Å²) in [7, 11) is 0. The Morgan fingerprint density at radius 3 is 2.88 bits per heavy atom. The molecule has 4 atom stereocenters. The Morgan fingerprint density at radius 2 is 2.31 bits per heavy atom. The quantitative estimate of drug-likeness (QED) is 0.913. The lowest BCUT2D eigenvalue weighted by molar-refractivity contribution is 0.124. The first-order valence-electron chi connectivity index (χ1n) is 6.15. The van der Waals surface area contributed by atoms with Crippen LogP contribution in [0.2, 0.25) is 0 Å². The van der Waals surface area contributed by atoms with Crippen LogP contribution >= 0.6 is 15.9 Å². The highest BCUT2D eigenvalue weighted by Gasteiger charge is 2.40. The van der Waals surface area contributed by atoms with Gasteiger partial charge >= 0.3 is 0 Å². The van der Waals surface area contributed by atoms with E-state index in [9.17, 15) is 5.11 Å². The van der Waals surface area contributed by atoms with Gasteiger partial charge in [0.1, 0.15) is 0 Å². The van der Waals surface area contributed by atoms with Crippen LogP contribution in [0.5, 0.6) is 0 Å². The Labute approximate surface area is 104 Å². The SMILES string of the molecule is OC(CC1CC2CCC1C2)c1ccoc1Br. The molecule has 2 aliphatic rings. The molecule has 1 aromatic heterocycles. The normalized spacial score (nSPS) is 34.5. The van der Waals surface area contributed by atoms with Gasteiger partial charge in [0, 0.05) is 5.56 Å². The van der Waals surface area contributed by atoms with E-state index in [0.29, 0.717) is 4.67 Å². The molecule has 0 amide bonds. The Balaban J connectivity index is 1.65. The van der Waals surface area contributed by atoms with Gasteiger partial charge in [-0.15, -0.1) is 0 Å². The van der Waals surface area contributed by atoms with E-state index in [0.717, 1.165) is 29.7 Å². The first-order valence-corrected chi connectivity index (χ1v) is 6.94. The molecule has 0 spiro atoms. The van der Waals surface area contributed by atoms with Crippen molar-refractivity contribution in [2.24, 2.45) is 17.8 Å². The topological polar surface area (TPSA) is 33.4 Å². The van der Waals surface area contributed by atoms with Crippen LogP contribution in [0.1, 0.15) is 43.8 Å². The average Bonchev–Trinajstić information content (AvgIpc) is 2.92. The summed E-state index contributed by atoms with van der Waals surface area (Å²) in [6, 6.07) is 1.86. The van der Waals surface area contributed by atoms with E-state index < -0.39 is 0 Å². The van der Waals surface area contributed by atoms with E-state index in [1.165, 1.54) is 25.7 Å². The van der Waals surface area contributed by atoms with Crippen molar-refractivity contribution in [3.05, 3.63) is 22.6 Å². The van der Waals surface area contributed by atoms with Gasteiger partial charge < -0.3 is 9.52 Å². The van der Waals surface area contributed by atoms with Crippen LogP contribution < -0.4 is 0 Å². The highest BCUT2D eigenvalue weighted by Crippen LogP contribution is 2.51. The van der Waals surface area contributed by atoms with Crippen molar-refractivity contribution >= 4 is 15.9 Å². The van der Waals surface area contributed by atoms with E-state index >= 15 is 0 Å². The molecule has 1 aromatic rings. The summed E-state index contributed by atoms with van der Waals surface area (Å²) in [5, 5.41) is 10.2. The van der Waals surface area contributed by atoms with Crippen molar-refractivity contribution in [1.29, 1.82) is 0 Å². The Bertz CT molecular complexity index is 374. The Kier molecular flexibility index (Phi) is 2.84. The summed E-state index contributed by atoms with van der Waals surface area (Å²) in [5.41, 5.74) is 0.905. The number of hydrogen-bond donors (Lipinski definition) is 1. The smallest absolute Gasteiger partial charge is 0.174 e. The number of hydrogen-bond acceptors (Lipinski definition) is 2. The van der Waals surface area contributed by atoms with Crippen molar-refractivity contribution < 1.29 is 9.52 Å². The highest BCUT2D eigenvalue weighted by atomic mass is 79.9. The minimum absolute atomic E-state index is 0.363. The second-order valence-electron chi connectivity index (χ2n) is 5.34. The summed E-state index contributed by atoms with van der Waals surface area (Å²) in [6.07, 6.45) is 7.71. The van der Waals surface area contributed by atoms with Crippen LogP contribution in [0.25, 0.3) is 0 Å². The van der Waals surface area contributed by atoms with Crippen LogP contribution in [0.15, 0.2) is 21.4 Å². The fraction of sp³-hybridized carbons (Fsp3) is 0.692. The average molecular weight is 285 g/mol. The van der Waals surface area contributed by atoms with Crippen molar-refractivity contribution in [1.82, 2.24) is 0 Å². The number of fused-ring (bicyclic) bond motifs is 2. The van der Waals surface area contributed by atoms with Crippen molar-refractivity contribution in [2.45, 2.75) is 38.2 Å². The minimum Gasteiger partial charge on any atom is -0.457 e. The summed E-state index contributed by atoms with van der Waals surface area (Å²) in [6.45, 7) is 0. The molecule has 2 bridgehead atoms. The van der Waals surface area contributed by atoms with E-state index in [4.69, 9.17) is 4.42 Å². The molecule has 2 fully saturated rings. The van der Waals surface area contributed by atoms with Crippen LogP contribution in [0.4, 0.5) is 0 Å². The van der Waals surface area contributed by atoms with Crippen LogP contribution in [-0.4, -0.2) is 5.11 Å². The van der Waals surface area contributed by atoms with E-state index in [1.54, 1.807) is 6.26 Å². The first-order chi connectivity index (χ1) is 7.74. The molecule has 3 rings (SSSR count). The van der Waals surface area contributed by atoms with Crippen molar-refractivity contribution in [3.63, 3.8) is 0 Å². The zero-order valence-corrected chi connectivity index (χ0v) is 10.8. The Morgan fingerprint density at radius 1 is 1.44 bits per heavy atom. The lowest BCUT2D eigenvalue weighted by Gasteiger charge is -2.23. The summed E-state index contributed by atoms with van der Waals surface area (Å²) in [5.74, 6) is 2.57. The lowest BCUT2D eigenvalue weighted by Crippen LogP contribution is -2.14. The maximum absolute atomic E-state index is 10.2. The molecular weight excluding hydrogens is 268 g/mol. The largest absolute Gasteiger partial charge is 0.457 e. The van der Waals surface area contributed by atoms with Gasteiger partial charge in [0.05, 0.1) is 12.4 Å². The second-order valence-corrected chi connectivity index (χ2v) is 6.06. The van der Waals surface area contributed by atoms with Crippen LogP contribution in [0.3, 0.4) is 0 Å². The molecule has 16 heavy (non-hydrogen) atoms. The third-order valence-electron chi connectivity index (χ3n) is 4.42. The zero-order chi connectivity index (χ0) is 11.1. The predicted octanol–water partition coefficient (Wildman–Crippen LogP) is 3.90. The van der Waals surface area contributed by atoms with E-state index in [-0.39, 0.29) is 6.10 Å². The summed E-state index contributed by atoms with van der Waals surface area (Å²) in [4.78, 5) is 0. The monoisotopic (exact) mass is 284 g/mol. The van der Waals surface area contributed by atoms with Gasteiger partial charge in [-0.3, -0.25) is 0 Å². The third kappa shape index (κ3) is 1.84. The minimum atomic E-state index is -0.363. The fourth-order valence-electron chi connectivity index (χ4n) is 3.62. The van der Waals surface area contributed by atoms with Crippen LogP contribution in [-0.2, 0) is 0 Å². The van der Waals surface area contributed by atoms with E-state index in [1.807, 2.05) is 6.07 Å². The van der Waals surface area contributed by atoms with Gasteiger partial charge in [0.15, 0.2) is 4.67 Å². The molecular formula is C13H17BrO2. The molecule has 1 N–H and O–H groups in total. The number of furan rings is 1. The fourth-order valence-corrected chi connectivity index (χ4v) is 4.13. The molecule has 0 saturated heterocycles. The van der Waals surface area contributed by atoms with Crippen LogP contribution in [0, 0.1) is 17.8 Å². The van der Waals surface area contributed by atoms with Gasteiger partial charge in [-0.05, 0) is 65.4 Å². The zero-order valence-electron chi connectivity index (χ0n) is 9.23. The molecule has 2 saturated carbocycles. The molecule has 4 unspecified atom stereocenters. The Hall–Kier alpha value is -0.280. The van der Waals surface area contributed by atoms with Gasteiger partial charge in [0.2, 0.25) is 0 Å². The van der Waals surface area contributed by atoms with Gasteiger partial charge in [0.25, 0.3) is 0 Å². The molecule has 1 heterocycles. The van der Waals surface area contributed by atoms with Gasteiger partial charge in [-0.2, -0.15) is 0 Å². The molecule has 0 radical (unpaired) electrons. The molecule has 0 aliphatic heterocycles. The molecule has 2 aliphatic carbocycles. The number of aliphatic hydroxyl groups excluding tert-OH is 1. The third-order valence-corrected chi connectivity index (χ3v) is 5.06. The number of aliphatic hydroxyl groups is 1. The number of rotatable bonds is 3. The molecule has 3 heteroatoms. The van der Waals surface area contributed by atoms with Crippen molar-refractivity contribution in [3.8, 4) is 0 Å². The summed E-state index contributed by atoms with van der Waals surface area (Å²) < 4.78 is 5.85. The predicted molar refractivity (Wildman–Crippen MR) is 64.9 cm³/mol. The highest BCUT2D eigenvalue weighted by molar-refractivity contribution is 9.10. The first kappa shape index (κ1) is 10.8. The summed E-state index contributed by atoms with van der Waals surface area (Å²) >= 11 is 3.33. The number of halogens is 1. The lowest BCUT2D eigenvalue weighted by atomic mass is 9.84.